The Hall–Kier alpha value is -2.89. The lowest BCUT2D eigenvalue weighted by Crippen LogP contribution is -2.06. The van der Waals surface area contributed by atoms with E-state index in [1.54, 1.807) is 6.20 Å². The molecular weight excluding hydrogens is 324 g/mol. The van der Waals surface area contributed by atoms with Crippen LogP contribution in [0.4, 0.5) is 0 Å². The van der Waals surface area contributed by atoms with Crippen molar-refractivity contribution in [3.05, 3.63) is 53.3 Å². The number of hydrogen-bond acceptors (Lipinski definition) is 5. The molecule has 0 spiro atoms. The van der Waals surface area contributed by atoms with Gasteiger partial charge in [0.05, 0.1) is 23.8 Å². The van der Waals surface area contributed by atoms with Crippen molar-refractivity contribution < 1.29 is 0 Å². The molecule has 3 heterocycles. The van der Waals surface area contributed by atoms with E-state index in [2.05, 4.69) is 43.2 Å². The van der Waals surface area contributed by atoms with Crippen molar-refractivity contribution in [1.29, 1.82) is 0 Å². The predicted octanol–water partition coefficient (Wildman–Crippen LogP) is 3.50. The van der Waals surface area contributed by atoms with E-state index in [9.17, 15) is 0 Å². The van der Waals surface area contributed by atoms with Gasteiger partial charge in [0, 0.05) is 23.0 Å². The van der Waals surface area contributed by atoms with Gasteiger partial charge in [-0.1, -0.05) is 24.1 Å². The second kappa shape index (κ2) is 6.12. The van der Waals surface area contributed by atoms with Crippen LogP contribution in [0.25, 0.3) is 11.0 Å². The van der Waals surface area contributed by atoms with Crippen LogP contribution >= 0.6 is 0 Å². The molecule has 1 aromatic carbocycles. The average Bonchev–Trinajstić information content (AvgIpc) is 3.40. The highest BCUT2D eigenvalue weighted by Gasteiger charge is 2.21. The lowest BCUT2D eigenvalue weighted by molar-refractivity contribution is 0.467. The first-order valence-corrected chi connectivity index (χ1v) is 9.18. The zero-order chi connectivity index (χ0) is 17.5. The summed E-state index contributed by atoms with van der Waals surface area (Å²) in [7, 11) is 0. The molecule has 0 N–H and O–H groups in total. The molecule has 1 saturated carbocycles. The maximum atomic E-state index is 4.74. The number of amidine groups is 1. The van der Waals surface area contributed by atoms with Crippen LogP contribution < -0.4 is 0 Å². The summed E-state index contributed by atoms with van der Waals surface area (Å²) in [4.78, 5) is 13.6. The van der Waals surface area contributed by atoms with E-state index < -0.39 is 0 Å². The summed E-state index contributed by atoms with van der Waals surface area (Å²) in [5, 5.41) is 8.80. The van der Waals surface area contributed by atoms with E-state index in [4.69, 9.17) is 4.99 Å². The molecule has 5 rings (SSSR count). The molecule has 0 radical (unpaired) electrons. The summed E-state index contributed by atoms with van der Waals surface area (Å²) in [5.41, 5.74) is 6.09. The Morgan fingerprint density at radius 2 is 1.92 bits per heavy atom. The predicted molar refractivity (Wildman–Crippen MR) is 102 cm³/mol. The van der Waals surface area contributed by atoms with Gasteiger partial charge in [-0.3, -0.25) is 9.98 Å². The van der Waals surface area contributed by atoms with Crippen molar-refractivity contribution >= 4 is 22.6 Å². The van der Waals surface area contributed by atoms with Crippen molar-refractivity contribution in [1.82, 2.24) is 20.0 Å². The molecule has 1 aliphatic carbocycles. The van der Waals surface area contributed by atoms with Gasteiger partial charge in [0.2, 0.25) is 0 Å². The second-order valence-corrected chi connectivity index (χ2v) is 7.06. The molecule has 1 aliphatic heterocycles. The molecular formula is C20H20N6. The first-order chi connectivity index (χ1) is 12.8. The van der Waals surface area contributed by atoms with Crippen LogP contribution in [0.3, 0.4) is 0 Å². The second-order valence-electron chi connectivity index (χ2n) is 7.06. The zero-order valence-electron chi connectivity index (χ0n) is 14.8. The van der Waals surface area contributed by atoms with Gasteiger partial charge in [0.1, 0.15) is 5.52 Å². The minimum atomic E-state index is 0.500. The first-order valence-electron chi connectivity index (χ1n) is 9.18. The molecule has 3 aromatic rings. The molecule has 6 nitrogen and oxygen atoms in total. The summed E-state index contributed by atoms with van der Waals surface area (Å²) in [6.07, 6.45) is 6.78. The summed E-state index contributed by atoms with van der Waals surface area (Å²) >= 11 is 0. The molecule has 26 heavy (non-hydrogen) atoms. The number of fused-ring (bicyclic) bond motifs is 1. The molecule has 0 amide bonds. The third kappa shape index (κ3) is 2.62. The standard InChI is InChI=1S/C20H20N6/c1-13-10-15(8-9-21-13)20-22-12-18(23-20)14-6-7-19-17(11-14)24-25-26(19)16-4-2-3-5-16/h6-11,16H,2-5,12H2,1H3. The van der Waals surface area contributed by atoms with Crippen LogP contribution in [0.15, 0.2) is 46.5 Å². The Balaban J connectivity index is 1.46. The van der Waals surface area contributed by atoms with E-state index in [1.807, 2.05) is 19.1 Å². The van der Waals surface area contributed by atoms with Crippen molar-refractivity contribution in [2.75, 3.05) is 6.54 Å². The fourth-order valence-electron chi connectivity index (χ4n) is 3.88. The number of benzene rings is 1. The number of aliphatic imine (C=N–C) groups is 2. The number of hydrogen-bond donors (Lipinski definition) is 0. The molecule has 0 unspecified atom stereocenters. The summed E-state index contributed by atoms with van der Waals surface area (Å²) < 4.78 is 2.10. The molecule has 0 bridgehead atoms. The number of aryl methyl sites for hydroxylation is 1. The SMILES string of the molecule is Cc1cc(C2=NCC(c3ccc4c(c3)nnn4C3CCCC3)=N2)ccn1. The third-order valence-corrected chi connectivity index (χ3v) is 5.25. The van der Waals surface area contributed by atoms with Crippen LogP contribution in [0.5, 0.6) is 0 Å². The van der Waals surface area contributed by atoms with E-state index in [0.29, 0.717) is 12.6 Å². The highest BCUT2D eigenvalue weighted by molar-refractivity contribution is 6.17. The van der Waals surface area contributed by atoms with Crippen LogP contribution in [-0.4, -0.2) is 38.1 Å². The van der Waals surface area contributed by atoms with Crippen molar-refractivity contribution in [2.24, 2.45) is 9.98 Å². The fourth-order valence-corrected chi connectivity index (χ4v) is 3.88. The lowest BCUT2D eigenvalue weighted by atomic mass is 10.1. The topological polar surface area (TPSA) is 68.3 Å². The molecule has 2 aliphatic rings. The molecule has 6 heteroatoms. The van der Waals surface area contributed by atoms with Crippen LogP contribution in [-0.2, 0) is 0 Å². The molecule has 2 aromatic heterocycles. The van der Waals surface area contributed by atoms with E-state index in [0.717, 1.165) is 39.4 Å². The Morgan fingerprint density at radius 3 is 2.77 bits per heavy atom. The quantitative estimate of drug-likeness (QED) is 0.730. The minimum Gasteiger partial charge on any atom is -0.262 e. The fraction of sp³-hybridized carbons (Fsp3) is 0.350. The largest absolute Gasteiger partial charge is 0.262 e. The number of aromatic nitrogens is 4. The van der Waals surface area contributed by atoms with Crippen LogP contribution in [0.1, 0.15) is 48.5 Å². The van der Waals surface area contributed by atoms with E-state index in [1.165, 1.54) is 25.7 Å². The number of pyridine rings is 1. The third-order valence-electron chi connectivity index (χ3n) is 5.25. The van der Waals surface area contributed by atoms with Gasteiger partial charge in [-0.15, -0.1) is 5.10 Å². The normalized spacial score (nSPS) is 17.7. The molecule has 1 fully saturated rings. The Morgan fingerprint density at radius 1 is 1.04 bits per heavy atom. The van der Waals surface area contributed by atoms with Gasteiger partial charge < -0.3 is 0 Å². The molecule has 130 valence electrons. The molecule has 0 saturated heterocycles. The summed E-state index contributed by atoms with van der Waals surface area (Å²) in [6.45, 7) is 2.57. The Bertz CT molecular complexity index is 1040. The number of nitrogens with zero attached hydrogens (tertiary/aromatic N) is 6. The van der Waals surface area contributed by atoms with Crippen molar-refractivity contribution in [2.45, 2.75) is 38.6 Å². The van der Waals surface area contributed by atoms with Crippen molar-refractivity contribution in [3.63, 3.8) is 0 Å². The monoisotopic (exact) mass is 344 g/mol. The summed E-state index contributed by atoms with van der Waals surface area (Å²) in [6, 6.07) is 10.8. The average molecular weight is 344 g/mol. The Labute approximate surface area is 151 Å². The van der Waals surface area contributed by atoms with Gasteiger partial charge >= 0.3 is 0 Å². The zero-order valence-corrected chi connectivity index (χ0v) is 14.8. The van der Waals surface area contributed by atoms with Crippen LogP contribution in [0.2, 0.25) is 0 Å². The molecule has 0 atom stereocenters. The van der Waals surface area contributed by atoms with E-state index in [-0.39, 0.29) is 0 Å². The first kappa shape index (κ1) is 15.4. The highest BCUT2D eigenvalue weighted by Crippen LogP contribution is 2.31. The van der Waals surface area contributed by atoms with Gasteiger partial charge in [0.15, 0.2) is 5.84 Å². The van der Waals surface area contributed by atoms with E-state index >= 15 is 0 Å². The van der Waals surface area contributed by atoms with Crippen LogP contribution in [0, 0.1) is 6.92 Å². The minimum absolute atomic E-state index is 0.500. The maximum Gasteiger partial charge on any atom is 0.155 e. The van der Waals surface area contributed by atoms with Gasteiger partial charge in [-0.2, -0.15) is 0 Å². The van der Waals surface area contributed by atoms with Gasteiger partial charge in [0.25, 0.3) is 0 Å². The number of rotatable bonds is 3. The highest BCUT2D eigenvalue weighted by atomic mass is 15.4. The smallest absolute Gasteiger partial charge is 0.155 e. The van der Waals surface area contributed by atoms with Gasteiger partial charge in [-0.25, -0.2) is 9.67 Å². The Kier molecular flexibility index (Phi) is 3.62. The van der Waals surface area contributed by atoms with Gasteiger partial charge in [-0.05, 0) is 44.0 Å². The lowest BCUT2D eigenvalue weighted by Gasteiger charge is -2.09. The van der Waals surface area contributed by atoms with Crippen molar-refractivity contribution in [3.8, 4) is 0 Å². The summed E-state index contributed by atoms with van der Waals surface area (Å²) in [5.74, 6) is 0.778. The maximum absolute atomic E-state index is 4.74.